The first-order valence-electron chi connectivity index (χ1n) is 5.18. The molecule has 0 unspecified atom stereocenters. The molecule has 0 saturated heterocycles. The first kappa shape index (κ1) is 14.3. The minimum Gasteiger partial charge on any atom is -0.394 e. The summed E-state index contributed by atoms with van der Waals surface area (Å²) in [7, 11) is 0. The Morgan fingerprint density at radius 1 is 1.44 bits per heavy atom. The number of hydrogen-bond donors (Lipinski definition) is 3. The van der Waals surface area contributed by atoms with Crippen LogP contribution in [0.4, 0.5) is 23.7 Å². The minimum absolute atomic E-state index is 0.0347. The highest BCUT2D eigenvalue weighted by atomic mass is 19.4. The van der Waals surface area contributed by atoms with Gasteiger partial charge in [-0.1, -0.05) is 6.07 Å². The number of urea groups is 1. The van der Waals surface area contributed by atoms with Crippen LogP contribution in [0.3, 0.4) is 0 Å². The molecule has 0 saturated carbocycles. The van der Waals surface area contributed by atoms with E-state index in [9.17, 15) is 18.0 Å². The van der Waals surface area contributed by atoms with Crippen molar-refractivity contribution in [2.45, 2.75) is 19.1 Å². The molecule has 1 aromatic carbocycles. The summed E-state index contributed by atoms with van der Waals surface area (Å²) < 4.78 is 37.2. The van der Waals surface area contributed by atoms with Crippen LogP contribution < -0.4 is 10.6 Å². The number of halogens is 3. The summed E-state index contributed by atoms with van der Waals surface area (Å²) in [5.74, 6) is 0. The number of carbonyl (C=O) groups is 1. The van der Waals surface area contributed by atoms with Crippen molar-refractivity contribution < 1.29 is 23.1 Å². The second-order valence-corrected chi connectivity index (χ2v) is 3.76. The molecule has 7 heteroatoms. The number of rotatable bonds is 3. The smallest absolute Gasteiger partial charge is 0.394 e. The van der Waals surface area contributed by atoms with E-state index in [1.54, 1.807) is 6.92 Å². The fourth-order valence-corrected chi connectivity index (χ4v) is 1.21. The number of amides is 2. The van der Waals surface area contributed by atoms with Crippen LogP contribution in [0, 0.1) is 0 Å². The van der Waals surface area contributed by atoms with Crippen LogP contribution in [0.25, 0.3) is 0 Å². The first-order chi connectivity index (χ1) is 8.32. The third kappa shape index (κ3) is 4.25. The Morgan fingerprint density at radius 3 is 2.67 bits per heavy atom. The molecule has 1 aromatic rings. The van der Waals surface area contributed by atoms with Gasteiger partial charge in [-0.05, 0) is 25.1 Å². The number of nitrogens with one attached hydrogen (secondary N) is 2. The SMILES string of the molecule is C[C@H](CO)NC(=O)Nc1cccc(C(F)(F)F)c1. The van der Waals surface area contributed by atoms with Gasteiger partial charge < -0.3 is 15.7 Å². The summed E-state index contributed by atoms with van der Waals surface area (Å²) in [6.07, 6.45) is -4.45. The third-order valence-electron chi connectivity index (χ3n) is 2.10. The van der Waals surface area contributed by atoms with Crippen LogP contribution in [0.1, 0.15) is 12.5 Å². The van der Waals surface area contributed by atoms with Crippen molar-refractivity contribution in [1.29, 1.82) is 0 Å². The molecule has 0 aromatic heterocycles. The third-order valence-corrected chi connectivity index (χ3v) is 2.10. The monoisotopic (exact) mass is 262 g/mol. The lowest BCUT2D eigenvalue weighted by atomic mass is 10.2. The van der Waals surface area contributed by atoms with E-state index < -0.39 is 23.8 Å². The van der Waals surface area contributed by atoms with E-state index in [4.69, 9.17) is 5.11 Å². The molecule has 1 rings (SSSR count). The summed E-state index contributed by atoms with van der Waals surface area (Å²) in [5, 5.41) is 13.3. The molecule has 0 aliphatic heterocycles. The van der Waals surface area contributed by atoms with E-state index >= 15 is 0 Å². The topological polar surface area (TPSA) is 61.4 Å². The van der Waals surface area contributed by atoms with Gasteiger partial charge >= 0.3 is 12.2 Å². The number of aliphatic hydroxyl groups excluding tert-OH is 1. The van der Waals surface area contributed by atoms with Gasteiger partial charge in [-0.15, -0.1) is 0 Å². The number of hydrogen-bond acceptors (Lipinski definition) is 2. The number of anilines is 1. The van der Waals surface area contributed by atoms with E-state index in [-0.39, 0.29) is 12.3 Å². The standard InChI is InChI=1S/C11H13F3N2O2/c1-7(6-17)15-10(18)16-9-4-2-3-8(5-9)11(12,13)14/h2-5,7,17H,6H2,1H3,(H2,15,16,18)/t7-/m1/s1. The zero-order valence-corrected chi connectivity index (χ0v) is 9.58. The van der Waals surface area contributed by atoms with E-state index in [0.29, 0.717) is 0 Å². The van der Waals surface area contributed by atoms with Crippen molar-refractivity contribution >= 4 is 11.7 Å². The lowest BCUT2D eigenvalue weighted by molar-refractivity contribution is -0.137. The van der Waals surface area contributed by atoms with Crippen LogP contribution in [-0.4, -0.2) is 23.8 Å². The lowest BCUT2D eigenvalue weighted by Crippen LogP contribution is -2.38. The molecule has 18 heavy (non-hydrogen) atoms. The van der Waals surface area contributed by atoms with E-state index in [2.05, 4.69) is 10.6 Å². The molecule has 4 nitrogen and oxygen atoms in total. The Kier molecular flexibility index (Phi) is 4.55. The van der Waals surface area contributed by atoms with Crippen LogP contribution in [0.5, 0.6) is 0 Å². The summed E-state index contributed by atoms with van der Waals surface area (Å²) in [6, 6.07) is 3.15. The number of carbonyl (C=O) groups excluding carboxylic acids is 1. The zero-order valence-electron chi connectivity index (χ0n) is 9.58. The predicted octanol–water partition coefficient (Wildman–Crippen LogP) is 2.21. The van der Waals surface area contributed by atoms with E-state index in [1.165, 1.54) is 12.1 Å². The molecule has 0 fully saturated rings. The van der Waals surface area contributed by atoms with Crippen molar-refractivity contribution in [3.8, 4) is 0 Å². The molecule has 3 N–H and O–H groups in total. The number of aliphatic hydroxyl groups is 1. The van der Waals surface area contributed by atoms with Gasteiger partial charge in [0.1, 0.15) is 0 Å². The molecule has 2 amide bonds. The fraction of sp³-hybridized carbons (Fsp3) is 0.364. The van der Waals surface area contributed by atoms with Crippen molar-refractivity contribution in [2.75, 3.05) is 11.9 Å². The van der Waals surface area contributed by atoms with Crippen molar-refractivity contribution in [3.63, 3.8) is 0 Å². The minimum atomic E-state index is -4.45. The van der Waals surface area contributed by atoms with Gasteiger partial charge in [-0.3, -0.25) is 0 Å². The molecule has 0 bridgehead atoms. The maximum atomic E-state index is 12.4. The highest BCUT2D eigenvalue weighted by molar-refractivity contribution is 5.89. The quantitative estimate of drug-likeness (QED) is 0.782. The Hall–Kier alpha value is -1.76. The molecule has 100 valence electrons. The van der Waals surface area contributed by atoms with Crippen molar-refractivity contribution in [3.05, 3.63) is 29.8 Å². The maximum absolute atomic E-state index is 12.4. The zero-order chi connectivity index (χ0) is 13.8. The Balaban J connectivity index is 2.71. The molecule has 0 aliphatic rings. The van der Waals surface area contributed by atoms with Gasteiger partial charge in [-0.25, -0.2) is 4.79 Å². The van der Waals surface area contributed by atoms with Crippen molar-refractivity contribution in [1.82, 2.24) is 5.32 Å². The van der Waals surface area contributed by atoms with Gasteiger partial charge in [-0.2, -0.15) is 13.2 Å². The Bertz CT molecular complexity index is 421. The molecular formula is C11H13F3N2O2. The second kappa shape index (κ2) is 5.72. The Labute approximate surface area is 102 Å². The van der Waals surface area contributed by atoms with Gasteiger partial charge in [0, 0.05) is 5.69 Å². The molecule has 0 spiro atoms. The second-order valence-electron chi connectivity index (χ2n) is 3.76. The van der Waals surface area contributed by atoms with E-state index in [0.717, 1.165) is 12.1 Å². The van der Waals surface area contributed by atoms with Crippen molar-refractivity contribution in [2.24, 2.45) is 0 Å². The summed E-state index contributed by atoms with van der Waals surface area (Å²) in [5.41, 5.74) is -0.803. The average Bonchev–Trinajstić information content (AvgIpc) is 2.27. The highest BCUT2D eigenvalue weighted by Crippen LogP contribution is 2.30. The average molecular weight is 262 g/mol. The van der Waals surface area contributed by atoms with Gasteiger partial charge in [0.15, 0.2) is 0 Å². The first-order valence-corrected chi connectivity index (χ1v) is 5.18. The predicted molar refractivity (Wildman–Crippen MR) is 60.1 cm³/mol. The fourth-order valence-electron chi connectivity index (χ4n) is 1.21. The summed E-state index contributed by atoms with van der Waals surface area (Å²) >= 11 is 0. The molecule has 0 heterocycles. The number of alkyl halides is 3. The van der Waals surface area contributed by atoms with Crippen LogP contribution in [0.2, 0.25) is 0 Å². The van der Waals surface area contributed by atoms with Crippen LogP contribution in [-0.2, 0) is 6.18 Å². The van der Waals surface area contributed by atoms with Gasteiger partial charge in [0.05, 0.1) is 18.2 Å². The van der Waals surface area contributed by atoms with E-state index in [1.807, 2.05) is 0 Å². The van der Waals surface area contributed by atoms with Crippen LogP contribution in [0.15, 0.2) is 24.3 Å². The molecule has 0 radical (unpaired) electrons. The van der Waals surface area contributed by atoms with Crippen LogP contribution >= 0.6 is 0 Å². The molecule has 1 atom stereocenters. The van der Waals surface area contributed by atoms with Gasteiger partial charge in [0.2, 0.25) is 0 Å². The normalized spacial score (nSPS) is 12.9. The maximum Gasteiger partial charge on any atom is 0.416 e. The lowest BCUT2D eigenvalue weighted by Gasteiger charge is -2.13. The molecule has 0 aliphatic carbocycles. The number of benzene rings is 1. The molecular weight excluding hydrogens is 249 g/mol. The largest absolute Gasteiger partial charge is 0.416 e. The highest BCUT2D eigenvalue weighted by Gasteiger charge is 2.30. The van der Waals surface area contributed by atoms with Gasteiger partial charge in [0.25, 0.3) is 0 Å². The summed E-state index contributed by atoms with van der Waals surface area (Å²) in [4.78, 5) is 11.3. The summed E-state index contributed by atoms with van der Waals surface area (Å²) in [6.45, 7) is 1.31. The Morgan fingerprint density at radius 2 is 2.11 bits per heavy atom.